The number of nitrogens with zero attached hydrogens (tertiary/aromatic N) is 2. The maximum atomic E-state index is 11.9. The van der Waals surface area contributed by atoms with Crippen molar-refractivity contribution >= 4 is 23.4 Å². The topological polar surface area (TPSA) is 83.8 Å². The van der Waals surface area contributed by atoms with Crippen molar-refractivity contribution in [1.29, 1.82) is 0 Å². The summed E-state index contributed by atoms with van der Waals surface area (Å²) in [5.41, 5.74) is 2.27. The number of hydrogen-bond acceptors (Lipinski definition) is 5. The number of thioether (sulfide) groups is 1. The molecule has 2 N–H and O–H groups in total. The summed E-state index contributed by atoms with van der Waals surface area (Å²) in [5, 5.41) is 10.2. The van der Waals surface area contributed by atoms with Crippen molar-refractivity contribution in [2.75, 3.05) is 11.1 Å². The van der Waals surface area contributed by atoms with Gasteiger partial charge in [0, 0.05) is 5.41 Å². The molecule has 0 fully saturated rings. The fourth-order valence-electron chi connectivity index (χ4n) is 1.71. The highest BCUT2D eigenvalue weighted by Crippen LogP contribution is 2.27. The Bertz CT molecular complexity index is 620. The van der Waals surface area contributed by atoms with Crippen LogP contribution in [0.5, 0.6) is 0 Å². The van der Waals surface area contributed by atoms with Crippen LogP contribution >= 0.6 is 11.8 Å². The molecule has 0 aromatic carbocycles. The van der Waals surface area contributed by atoms with Gasteiger partial charge >= 0.3 is 0 Å². The van der Waals surface area contributed by atoms with E-state index in [2.05, 4.69) is 41.3 Å². The first-order valence-corrected chi connectivity index (χ1v) is 7.66. The maximum Gasteiger partial charge on any atom is 0.256 e. The molecule has 0 saturated heterocycles. The molecule has 0 bridgehead atoms. The predicted octanol–water partition coefficient (Wildman–Crippen LogP) is 3.04. The van der Waals surface area contributed by atoms with E-state index < -0.39 is 0 Å². The Morgan fingerprint density at radius 2 is 2.14 bits per heavy atom. The first-order valence-electron chi connectivity index (χ1n) is 6.68. The number of amides is 1. The van der Waals surface area contributed by atoms with Gasteiger partial charge in [0.15, 0.2) is 0 Å². The Labute approximate surface area is 128 Å². The highest BCUT2D eigenvalue weighted by atomic mass is 32.2. The Hall–Kier alpha value is -1.76. The molecular formula is C14H20N4O2S. The highest BCUT2D eigenvalue weighted by Gasteiger charge is 2.20. The number of carbonyl (C=O) groups is 1. The Balaban J connectivity index is 1.91. The molecule has 0 aliphatic carbocycles. The van der Waals surface area contributed by atoms with Crippen LogP contribution in [0.15, 0.2) is 15.8 Å². The van der Waals surface area contributed by atoms with Crippen LogP contribution in [-0.2, 0) is 10.2 Å². The van der Waals surface area contributed by atoms with Gasteiger partial charge in [-0.2, -0.15) is 5.10 Å². The molecule has 0 atom stereocenters. The minimum atomic E-state index is -0.108. The van der Waals surface area contributed by atoms with Gasteiger partial charge in [-0.25, -0.2) is 4.98 Å². The largest absolute Gasteiger partial charge is 0.436 e. The minimum absolute atomic E-state index is 0.0842. The van der Waals surface area contributed by atoms with Crippen LogP contribution in [0.3, 0.4) is 0 Å². The molecule has 0 unspecified atom stereocenters. The summed E-state index contributed by atoms with van der Waals surface area (Å²) in [6, 6.07) is 0. The zero-order valence-corrected chi connectivity index (χ0v) is 13.7. The summed E-state index contributed by atoms with van der Waals surface area (Å²) in [4.78, 5) is 16.1. The lowest BCUT2D eigenvalue weighted by Crippen LogP contribution is -2.15. The average Bonchev–Trinajstić information content (AvgIpc) is 2.98. The Morgan fingerprint density at radius 1 is 1.43 bits per heavy atom. The number of hydrogen-bond donors (Lipinski definition) is 2. The zero-order valence-electron chi connectivity index (χ0n) is 12.9. The normalized spacial score (nSPS) is 11.7. The molecular weight excluding hydrogens is 288 g/mol. The fourth-order valence-corrected chi connectivity index (χ4v) is 2.31. The molecule has 2 aromatic rings. The quantitative estimate of drug-likeness (QED) is 0.848. The van der Waals surface area contributed by atoms with Crippen LogP contribution in [0.2, 0.25) is 0 Å². The van der Waals surface area contributed by atoms with Crippen LogP contribution in [0.1, 0.15) is 37.9 Å². The molecule has 0 saturated carbocycles. The molecule has 0 aliphatic heterocycles. The smallest absolute Gasteiger partial charge is 0.256 e. The van der Waals surface area contributed by atoms with E-state index in [4.69, 9.17) is 4.42 Å². The van der Waals surface area contributed by atoms with E-state index in [0.29, 0.717) is 5.22 Å². The van der Waals surface area contributed by atoms with Crippen molar-refractivity contribution < 1.29 is 9.21 Å². The lowest BCUT2D eigenvalue weighted by Gasteiger charge is -2.12. The maximum absolute atomic E-state index is 11.9. The summed E-state index contributed by atoms with van der Waals surface area (Å²) in [6.07, 6.45) is 1.71. The van der Waals surface area contributed by atoms with Crippen LogP contribution < -0.4 is 5.32 Å². The molecule has 6 nitrogen and oxygen atoms in total. The zero-order chi connectivity index (χ0) is 15.6. The van der Waals surface area contributed by atoms with E-state index in [0.717, 1.165) is 22.8 Å². The second-order valence-corrected chi connectivity index (χ2v) is 6.81. The van der Waals surface area contributed by atoms with Crippen LogP contribution in [0.4, 0.5) is 5.69 Å². The van der Waals surface area contributed by atoms with Gasteiger partial charge in [0.05, 0.1) is 29.0 Å². The predicted molar refractivity (Wildman–Crippen MR) is 82.6 cm³/mol. The number of aromatic nitrogens is 3. The standard InChI is InChI=1S/C14H20N4O2S/c1-8-12(9(2)18-17-8)16-11(19)7-21-13-15-6-10(20-13)14(3,4)5/h6H,7H2,1-5H3,(H,16,19)(H,17,18). The molecule has 1 amide bonds. The molecule has 7 heteroatoms. The first kappa shape index (κ1) is 15.6. The number of oxazole rings is 1. The van der Waals surface area contributed by atoms with Gasteiger partial charge in [-0.3, -0.25) is 9.89 Å². The molecule has 21 heavy (non-hydrogen) atoms. The number of rotatable bonds is 4. The van der Waals surface area contributed by atoms with E-state index in [1.165, 1.54) is 11.8 Å². The van der Waals surface area contributed by atoms with Gasteiger partial charge in [0.25, 0.3) is 5.22 Å². The number of carbonyl (C=O) groups excluding carboxylic acids is 1. The van der Waals surface area contributed by atoms with E-state index in [-0.39, 0.29) is 17.1 Å². The number of nitrogens with one attached hydrogen (secondary N) is 2. The van der Waals surface area contributed by atoms with Crippen LogP contribution in [-0.4, -0.2) is 26.8 Å². The van der Waals surface area contributed by atoms with E-state index >= 15 is 0 Å². The number of H-pyrrole nitrogens is 1. The van der Waals surface area contributed by atoms with E-state index in [9.17, 15) is 4.79 Å². The van der Waals surface area contributed by atoms with E-state index in [1.54, 1.807) is 6.20 Å². The SMILES string of the molecule is Cc1n[nH]c(C)c1NC(=O)CSc1ncc(C(C)(C)C)o1. The fraction of sp³-hybridized carbons (Fsp3) is 0.500. The lowest BCUT2D eigenvalue weighted by molar-refractivity contribution is -0.113. The third kappa shape index (κ3) is 3.87. The summed E-state index contributed by atoms with van der Waals surface area (Å²) < 4.78 is 5.63. The van der Waals surface area contributed by atoms with Crippen molar-refractivity contribution in [3.8, 4) is 0 Å². The summed E-state index contributed by atoms with van der Waals surface area (Å²) in [6.45, 7) is 9.87. The minimum Gasteiger partial charge on any atom is -0.436 e. The van der Waals surface area contributed by atoms with Crippen LogP contribution in [0.25, 0.3) is 0 Å². The molecule has 114 valence electrons. The molecule has 2 heterocycles. The second-order valence-electron chi connectivity index (χ2n) is 5.89. The summed E-state index contributed by atoms with van der Waals surface area (Å²) in [5.74, 6) is 0.948. The third-order valence-electron chi connectivity index (χ3n) is 2.94. The molecule has 2 rings (SSSR count). The Kier molecular flexibility index (Phi) is 4.41. The number of anilines is 1. The van der Waals surface area contributed by atoms with Crippen molar-refractivity contribution in [2.24, 2.45) is 0 Å². The molecule has 2 aromatic heterocycles. The van der Waals surface area contributed by atoms with Gasteiger partial charge in [-0.1, -0.05) is 32.5 Å². The summed E-state index contributed by atoms with van der Waals surface area (Å²) >= 11 is 1.28. The van der Waals surface area contributed by atoms with Crippen molar-refractivity contribution in [1.82, 2.24) is 15.2 Å². The van der Waals surface area contributed by atoms with Gasteiger partial charge in [-0.05, 0) is 13.8 Å². The van der Waals surface area contributed by atoms with Crippen LogP contribution in [0, 0.1) is 13.8 Å². The lowest BCUT2D eigenvalue weighted by atomic mass is 9.94. The average molecular weight is 308 g/mol. The highest BCUT2D eigenvalue weighted by molar-refractivity contribution is 7.99. The number of aryl methyl sites for hydroxylation is 2. The molecule has 0 aliphatic rings. The molecule has 0 spiro atoms. The van der Waals surface area contributed by atoms with Crippen molar-refractivity contribution in [2.45, 2.75) is 45.3 Å². The summed E-state index contributed by atoms with van der Waals surface area (Å²) in [7, 11) is 0. The van der Waals surface area contributed by atoms with Gasteiger partial charge in [0.1, 0.15) is 5.76 Å². The third-order valence-corrected chi connectivity index (χ3v) is 3.79. The Morgan fingerprint density at radius 3 is 2.67 bits per heavy atom. The van der Waals surface area contributed by atoms with Crippen molar-refractivity contribution in [3.05, 3.63) is 23.3 Å². The van der Waals surface area contributed by atoms with Crippen molar-refractivity contribution in [3.63, 3.8) is 0 Å². The second kappa shape index (κ2) is 5.93. The number of aromatic amines is 1. The monoisotopic (exact) mass is 308 g/mol. The van der Waals surface area contributed by atoms with E-state index in [1.807, 2.05) is 13.8 Å². The van der Waals surface area contributed by atoms with Gasteiger partial charge < -0.3 is 9.73 Å². The van der Waals surface area contributed by atoms with Gasteiger partial charge in [-0.15, -0.1) is 0 Å². The van der Waals surface area contributed by atoms with Gasteiger partial charge in [0.2, 0.25) is 5.91 Å². The first-order chi connectivity index (χ1) is 9.77. The molecule has 0 radical (unpaired) electrons.